The van der Waals surface area contributed by atoms with Gasteiger partial charge >= 0.3 is 11.9 Å². The van der Waals surface area contributed by atoms with E-state index < -0.39 is 28.7 Å². The molecule has 4 N–H and O–H groups in total. The number of carbonyl (C=O) groups is 4. The lowest BCUT2D eigenvalue weighted by Crippen LogP contribution is -2.22. The zero-order chi connectivity index (χ0) is 26.4. The van der Waals surface area contributed by atoms with Gasteiger partial charge in [-0.2, -0.15) is 0 Å². The minimum atomic E-state index is -1.41. The lowest BCUT2D eigenvalue weighted by atomic mass is 10.0. The first kappa shape index (κ1) is 26.5. The Kier molecular flexibility index (Phi) is 8.50. The Bertz CT molecular complexity index is 1300. The number of carbonyl (C=O) groups excluding carboxylic acids is 2. The lowest BCUT2D eigenvalue weighted by molar-refractivity contribution is -0.115. The number of nitrogens with one attached hydrogen (secondary N) is 2. The van der Waals surface area contributed by atoms with Gasteiger partial charge in [0.25, 0.3) is 5.91 Å². The summed E-state index contributed by atoms with van der Waals surface area (Å²) in [4.78, 5) is 48.8. The van der Waals surface area contributed by atoms with Crippen molar-refractivity contribution >= 4 is 46.9 Å². The number of carboxylic acid groups (broad SMARTS) is 2. The van der Waals surface area contributed by atoms with Crippen molar-refractivity contribution in [3.63, 3.8) is 0 Å². The fourth-order valence-electron chi connectivity index (χ4n) is 3.35. The van der Waals surface area contributed by atoms with Gasteiger partial charge in [-0.25, -0.2) is 9.59 Å². The highest BCUT2D eigenvalue weighted by Gasteiger charge is 2.20. The number of amides is 2. The molecule has 0 heterocycles. The van der Waals surface area contributed by atoms with E-state index in [9.17, 15) is 24.3 Å². The molecule has 0 spiro atoms. The number of anilines is 2. The Morgan fingerprint density at radius 2 is 1.44 bits per heavy atom. The largest absolute Gasteiger partial charge is 0.478 e. The molecule has 0 aromatic heterocycles. The van der Waals surface area contributed by atoms with Gasteiger partial charge in [0.1, 0.15) is 0 Å². The van der Waals surface area contributed by atoms with Crippen LogP contribution in [0.15, 0.2) is 71.6 Å². The average Bonchev–Trinajstić information content (AvgIpc) is 2.84. The SMILES string of the molecule is CC(Sc1cccc(NC(=O)c2ccc(C(=O)O)cc2C(=O)O)c1)C(=O)Nc1ccc(C(C)C)cc1. The van der Waals surface area contributed by atoms with Crippen molar-refractivity contribution in [2.45, 2.75) is 36.8 Å². The second kappa shape index (κ2) is 11.5. The van der Waals surface area contributed by atoms with E-state index in [-0.39, 0.29) is 17.0 Å². The van der Waals surface area contributed by atoms with Gasteiger partial charge in [-0.15, -0.1) is 11.8 Å². The van der Waals surface area contributed by atoms with Crippen LogP contribution < -0.4 is 10.6 Å². The molecule has 0 fully saturated rings. The summed E-state index contributed by atoms with van der Waals surface area (Å²) in [5.41, 5.74) is 1.49. The molecule has 0 saturated carbocycles. The summed E-state index contributed by atoms with van der Waals surface area (Å²) < 4.78 is 0. The maximum atomic E-state index is 12.7. The van der Waals surface area contributed by atoms with Crippen molar-refractivity contribution in [2.75, 3.05) is 10.6 Å². The van der Waals surface area contributed by atoms with Gasteiger partial charge < -0.3 is 20.8 Å². The van der Waals surface area contributed by atoms with Crippen LogP contribution in [0.1, 0.15) is 63.3 Å². The Hall–Kier alpha value is -4.11. The van der Waals surface area contributed by atoms with Crippen LogP contribution in [0.25, 0.3) is 0 Å². The molecule has 0 bridgehead atoms. The quantitative estimate of drug-likeness (QED) is 0.279. The van der Waals surface area contributed by atoms with Crippen LogP contribution >= 0.6 is 11.8 Å². The van der Waals surface area contributed by atoms with Gasteiger partial charge in [0.15, 0.2) is 0 Å². The average molecular weight is 507 g/mol. The Balaban J connectivity index is 1.68. The first-order chi connectivity index (χ1) is 17.0. The van der Waals surface area contributed by atoms with Gasteiger partial charge in [-0.3, -0.25) is 9.59 Å². The van der Waals surface area contributed by atoms with Crippen LogP contribution in [0.2, 0.25) is 0 Å². The van der Waals surface area contributed by atoms with E-state index in [1.165, 1.54) is 29.5 Å². The molecule has 1 atom stereocenters. The molecule has 2 amide bonds. The van der Waals surface area contributed by atoms with Crippen molar-refractivity contribution in [1.82, 2.24) is 0 Å². The first-order valence-electron chi connectivity index (χ1n) is 11.1. The van der Waals surface area contributed by atoms with Crippen molar-refractivity contribution in [3.05, 3.63) is 89.0 Å². The third kappa shape index (κ3) is 6.73. The molecule has 8 nitrogen and oxygen atoms in total. The van der Waals surface area contributed by atoms with E-state index in [4.69, 9.17) is 5.11 Å². The van der Waals surface area contributed by atoms with E-state index in [1.54, 1.807) is 31.2 Å². The van der Waals surface area contributed by atoms with Gasteiger partial charge in [0.2, 0.25) is 5.91 Å². The number of carboxylic acids is 2. The minimum Gasteiger partial charge on any atom is -0.478 e. The van der Waals surface area contributed by atoms with E-state index in [2.05, 4.69) is 24.5 Å². The minimum absolute atomic E-state index is 0.165. The smallest absolute Gasteiger partial charge is 0.336 e. The summed E-state index contributed by atoms with van der Waals surface area (Å²) in [5.74, 6) is -3.17. The number of thioether (sulfide) groups is 1. The highest BCUT2D eigenvalue weighted by Crippen LogP contribution is 2.27. The highest BCUT2D eigenvalue weighted by atomic mass is 32.2. The van der Waals surface area contributed by atoms with Crippen molar-refractivity contribution in [3.8, 4) is 0 Å². The van der Waals surface area contributed by atoms with Crippen LogP contribution in [0.4, 0.5) is 11.4 Å². The molecule has 0 radical (unpaired) electrons. The standard InChI is InChI=1S/C27H26N2O6S/c1-15(2)17-7-10-19(11-8-17)28-24(30)16(3)36-21-6-4-5-20(14-21)29-25(31)22-12-9-18(26(32)33)13-23(22)27(34)35/h4-16H,1-3H3,(H,28,30)(H,29,31)(H,32,33)(H,34,35). The summed E-state index contributed by atoms with van der Waals surface area (Å²) in [7, 11) is 0. The van der Waals surface area contributed by atoms with Crippen molar-refractivity contribution in [2.24, 2.45) is 0 Å². The third-order valence-corrected chi connectivity index (χ3v) is 6.45. The molecule has 0 aliphatic rings. The second-order valence-electron chi connectivity index (χ2n) is 8.38. The number of hydrogen-bond donors (Lipinski definition) is 4. The molecular weight excluding hydrogens is 480 g/mol. The molecule has 3 rings (SSSR count). The van der Waals surface area contributed by atoms with Crippen molar-refractivity contribution in [1.29, 1.82) is 0 Å². The first-order valence-corrected chi connectivity index (χ1v) is 12.0. The van der Waals surface area contributed by atoms with Crippen LogP contribution in [0.3, 0.4) is 0 Å². The van der Waals surface area contributed by atoms with Gasteiger partial charge in [-0.1, -0.05) is 32.0 Å². The van der Waals surface area contributed by atoms with Gasteiger partial charge in [0.05, 0.1) is 21.9 Å². The maximum absolute atomic E-state index is 12.7. The summed E-state index contributed by atoms with van der Waals surface area (Å²) >= 11 is 1.31. The van der Waals surface area contributed by atoms with Crippen LogP contribution in [-0.4, -0.2) is 39.2 Å². The number of rotatable bonds is 9. The molecular formula is C27H26N2O6S. The lowest BCUT2D eigenvalue weighted by Gasteiger charge is -2.14. The van der Waals surface area contributed by atoms with E-state index in [0.717, 1.165) is 11.0 Å². The van der Waals surface area contributed by atoms with E-state index in [1.807, 2.05) is 24.3 Å². The summed E-state index contributed by atoms with van der Waals surface area (Å²) in [6.07, 6.45) is 0. The topological polar surface area (TPSA) is 133 Å². The number of aromatic carboxylic acids is 2. The third-order valence-electron chi connectivity index (χ3n) is 5.36. The normalized spacial score (nSPS) is 11.6. The molecule has 0 aliphatic carbocycles. The van der Waals surface area contributed by atoms with Gasteiger partial charge in [-0.05, 0) is 66.9 Å². The fraction of sp³-hybridized carbons (Fsp3) is 0.185. The zero-order valence-corrected chi connectivity index (χ0v) is 20.8. The van der Waals surface area contributed by atoms with E-state index in [0.29, 0.717) is 17.3 Å². The molecule has 186 valence electrons. The molecule has 3 aromatic carbocycles. The van der Waals surface area contributed by atoms with Crippen molar-refractivity contribution < 1.29 is 29.4 Å². The number of benzene rings is 3. The van der Waals surface area contributed by atoms with Crippen LogP contribution in [0, 0.1) is 0 Å². The molecule has 36 heavy (non-hydrogen) atoms. The Labute approximate surface area is 212 Å². The monoisotopic (exact) mass is 506 g/mol. The second-order valence-corrected chi connectivity index (χ2v) is 9.79. The van der Waals surface area contributed by atoms with Crippen LogP contribution in [-0.2, 0) is 4.79 Å². The predicted molar refractivity (Wildman–Crippen MR) is 139 cm³/mol. The predicted octanol–water partition coefficient (Wildman–Crippen LogP) is 5.58. The molecule has 9 heteroatoms. The summed E-state index contributed by atoms with van der Waals surface area (Å²) in [6.45, 7) is 5.98. The molecule has 1 unspecified atom stereocenters. The fourth-order valence-corrected chi connectivity index (χ4v) is 4.28. The van der Waals surface area contributed by atoms with Crippen LogP contribution in [0.5, 0.6) is 0 Å². The molecule has 3 aromatic rings. The molecule has 0 saturated heterocycles. The summed E-state index contributed by atoms with van der Waals surface area (Å²) in [5, 5.41) is 23.6. The Morgan fingerprint density at radius 3 is 2.06 bits per heavy atom. The van der Waals surface area contributed by atoms with Gasteiger partial charge in [0, 0.05) is 16.3 Å². The number of hydrogen-bond acceptors (Lipinski definition) is 5. The zero-order valence-electron chi connectivity index (χ0n) is 19.9. The Morgan fingerprint density at radius 1 is 0.750 bits per heavy atom. The highest BCUT2D eigenvalue weighted by molar-refractivity contribution is 8.00. The summed E-state index contributed by atoms with van der Waals surface area (Å²) in [6, 6.07) is 17.8. The molecule has 0 aliphatic heterocycles. The maximum Gasteiger partial charge on any atom is 0.336 e. The van der Waals surface area contributed by atoms with E-state index >= 15 is 0 Å².